The van der Waals surface area contributed by atoms with E-state index in [1.807, 2.05) is 0 Å². The highest BCUT2D eigenvalue weighted by molar-refractivity contribution is 5.76. The second-order valence-electron chi connectivity index (χ2n) is 9.29. The van der Waals surface area contributed by atoms with Crippen LogP contribution in [0.1, 0.15) is 74.1 Å². The van der Waals surface area contributed by atoms with E-state index in [2.05, 4.69) is 59.1 Å². The summed E-state index contributed by atoms with van der Waals surface area (Å²) >= 11 is 0. The Bertz CT molecular complexity index is 353. The number of amides is 1. The zero-order chi connectivity index (χ0) is 16.5. The normalized spacial score (nSPS) is 23.6. The van der Waals surface area contributed by atoms with Gasteiger partial charge >= 0.3 is 0 Å². The predicted octanol–water partition coefficient (Wildman–Crippen LogP) is 2.57. The lowest BCUT2D eigenvalue weighted by Crippen LogP contribution is -2.62. The van der Waals surface area contributed by atoms with Crippen molar-refractivity contribution in [3.8, 4) is 0 Å². The van der Waals surface area contributed by atoms with Crippen LogP contribution in [0.3, 0.4) is 0 Å². The first kappa shape index (κ1) is 18.4. The number of rotatable bonds is 4. The van der Waals surface area contributed by atoms with Gasteiger partial charge in [-0.3, -0.25) is 4.79 Å². The Labute approximate surface area is 130 Å². The van der Waals surface area contributed by atoms with Crippen molar-refractivity contribution in [1.82, 2.24) is 10.6 Å². The van der Waals surface area contributed by atoms with E-state index in [4.69, 9.17) is 5.73 Å². The number of piperidine rings is 1. The van der Waals surface area contributed by atoms with Crippen LogP contribution in [0, 0.1) is 5.41 Å². The standard InChI is InChI=1S/C17H35N3O/c1-15(2,3)9-12(18)8-14(21)19-13-10-16(4,5)20-17(6,7)11-13/h12-13,20H,8-11,18H2,1-7H3,(H,19,21). The second kappa shape index (κ2) is 6.25. The highest BCUT2D eigenvalue weighted by Gasteiger charge is 2.38. The van der Waals surface area contributed by atoms with Gasteiger partial charge in [-0.15, -0.1) is 0 Å². The molecular formula is C17H35N3O. The Balaban J connectivity index is 2.51. The van der Waals surface area contributed by atoms with Crippen LogP contribution in [0.4, 0.5) is 0 Å². The number of hydrogen-bond acceptors (Lipinski definition) is 3. The molecule has 1 heterocycles. The molecule has 0 aromatic carbocycles. The average Bonchev–Trinajstić information content (AvgIpc) is 2.06. The van der Waals surface area contributed by atoms with E-state index < -0.39 is 0 Å². The number of nitrogens with one attached hydrogen (secondary N) is 2. The number of carbonyl (C=O) groups excluding carboxylic acids is 1. The van der Waals surface area contributed by atoms with Gasteiger partial charge < -0.3 is 16.4 Å². The van der Waals surface area contributed by atoms with Gasteiger partial charge in [-0.25, -0.2) is 0 Å². The molecule has 0 saturated carbocycles. The number of carbonyl (C=O) groups is 1. The molecule has 1 aliphatic rings. The molecule has 0 aromatic rings. The lowest BCUT2D eigenvalue weighted by atomic mass is 9.79. The first-order chi connectivity index (χ1) is 9.28. The van der Waals surface area contributed by atoms with Gasteiger partial charge in [0.25, 0.3) is 0 Å². The van der Waals surface area contributed by atoms with Crippen molar-refractivity contribution in [3.63, 3.8) is 0 Å². The van der Waals surface area contributed by atoms with Gasteiger partial charge in [0.05, 0.1) is 0 Å². The summed E-state index contributed by atoms with van der Waals surface area (Å²) in [6.07, 6.45) is 3.19. The molecule has 1 atom stereocenters. The molecule has 124 valence electrons. The van der Waals surface area contributed by atoms with Crippen molar-refractivity contribution in [3.05, 3.63) is 0 Å². The van der Waals surface area contributed by atoms with Gasteiger partial charge in [-0.1, -0.05) is 20.8 Å². The summed E-state index contributed by atoms with van der Waals surface area (Å²) in [5, 5.41) is 6.82. The SMILES string of the molecule is CC(C)(C)CC(N)CC(=O)NC1CC(C)(C)NC(C)(C)C1. The third kappa shape index (κ3) is 7.28. The Morgan fingerprint density at radius 2 is 1.71 bits per heavy atom. The van der Waals surface area contributed by atoms with Crippen molar-refractivity contribution in [1.29, 1.82) is 0 Å². The molecule has 1 rings (SSSR count). The highest BCUT2D eigenvalue weighted by Crippen LogP contribution is 2.28. The lowest BCUT2D eigenvalue weighted by molar-refractivity contribution is -0.122. The van der Waals surface area contributed by atoms with Crippen LogP contribution in [0.5, 0.6) is 0 Å². The largest absolute Gasteiger partial charge is 0.353 e. The van der Waals surface area contributed by atoms with Gasteiger partial charge in [0.1, 0.15) is 0 Å². The van der Waals surface area contributed by atoms with Crippen molar-refractivity contribution in [2.24, 2.45) is 11.1 Å². The van der Waals surface area contributed by atoms with Crippen LogP contribution in [0.25, 0.3) is 0 Å². The molecule has 0 bridgehead atoms. The van der Waals surface area contributed by atoms with E-state index in [-0.39, 0.29) is 34.5 Å². The van der Waals surface area contributed by atoms with E-state index in [0.717, 1.165) is 19.3 Å². The molecule has 4 nitrogen and oxygen atoms in total. The van der Waals surface area contributed by atoms with Crippen molar-refractivity contribution < 1.29 is 4.79 Å². The first-order valence-electron chi connectivity index (χ1n) is 8.12. The van der Waals surface area contributed by atoms with Gasteiger partial charge in [0.15, 0.2) is 0 Å². The summed E-state index contributed by atoms with van der Waals surface area (Å²) in [4.78, 5) is 12.2. The van der Waals surface area contributed by atoms with E-state index in [1.165, 1.54) is 0 Å². The molecular weight excluding hydrogens is 262 g/mol. The maximum Gasteiger partial charge on any atom is 0.221 e. The summed E-state index contributed by atoms with van der Waals surface area (Å²) < 4.78 is 0. The third-order valence-electron chi connectivity index (χ3n) is 3.88. The van der Waals surface area contributed by atoms with Crippen molar-refractivity contribution in [2.45, 2.75) is 97.3 Å². The quantitative estimate of drug-likeness (QED) is 0.747. The molecule has 0 aromatic heterocycles. The van der Waals surface area contributed by atoms with Gasteiger partial charge in [0.2, 0.25) is 5.91 Å². The molecule has 1 aliphatic heterocycles. The maximum atomic E-state index is 12.2. The van der Waals surface area contributed by atoms with Crippen molar-refractivity contribution in [2.75, 3.05) is 0 Å². The van der Waals surface area contributed by atoms with Crippen LogP contribution in [0.15, 0.2) is 0 Å². The molecule has 1 amide bonds. The minimum absolute atomic E-state index is 0.0488. The molecule has 21 heavy (non-hydrogen) atoms. The summed E-state index contributed by atoms with van der Waals surface area (Å²) in [6, 6.07) is 0.165. The first-order valence-corrected chi connectivity index (χ1v) is 8.12. The minimum Gasteiger partial charge on any atom is -0.353 e. The second-order valence-corrected chi connectivity index (χ2v) is 9.29. The van der Waals surface area contributed by atoms with Crippen molar-refractivity contribution >= 4 is 5.91 Å². The lowest BCUT2D eigenvalue weighted by Gasteiger charge is -2.46. The van der Waals surface area contributed by atoms with Crippen LogP contribution in [-0.2, 0) is 4.79 Å². The fourth-order valence-corrected chi connectivity index (χ4v) is 3.81. The Morgan fingerprint density at radius 3 is 2.14 bits per heavy atom. The Kier molecular flexibility index (Phi) is 5.49. The van der Waals surface area contributed by atoms with E-state index in [1.54, 1.807) is 0 Å². The zero-order valence-electron chi connectivity index (χ0n) is 15.0. The monoisotopic (exact) mass is 297 g/mol. The number of nitrogens with two attached hydrogens (primary N) is 1. The van der Waals surface area contributed by atoms with Crippen LogP contribution < -0.4 is 16.4 Å². The van der Waals surface area contributed by atoms with Gasteiger partial charge in [-0.05, 0) is 52.4 Å². The molecule has 1 saturated heterocycles. The van der Waals surface area contributed by atoms with Gasteiger partial charge in [-0.2, -0.15) is 0 Å². The molecule has 1 unspecified atom stereocenters. The summed E-state index contributed by atoms with van der Waals surface area (Å²) in [5.41, 5.74) is 6.36. The maximum absolute atomic E-state index is 12.2. The molecule has 4 heteroatoms. The Morgan fingerprint density at radius 1 is 1.24 bits per heavy atom. The molecule has 4 N–H and O–H groups in total. The molecule has 0 radical (unpaired) electrons. The highest BCUT2D eigenvalue weighted by atomic mass is 16.1. The third-order valence-corrected chi connectivity index (χ3v) is 3.88. The van der Waals surface area contributed by atoms with E-state index >= 15 is 0 Å². The minimum atomic E-state index is -0.0623. The Hall–Kier alpha value is -0.610. The summed E-state index contributed by atoms with van der Waals surface area (Å²) in [5.74, 6) is 0.0882. The average molecular weight is 297 g/mol. The zero-order valence-corrected chi connectivity index (χ0v) is 15.0. The van der Waals surface area contributed by atoms with E-state index in [0.29, 0.717) is 6.42 Å². The molecule has 0 aliphatic carbocycles. The van der Waals surface area contributed by atoms with Crippen LogP contribution in [-0.4, -0.2) is 29.1 Å². The van der Waals surface area contributed by atoms with Crippen LogP contribution >= 0.6 is 0 Å². The number of hydrogen-bond donors (Lipinski definition) is 3. The molecule has 1 fully saturated rings. The summed E-state index contributed by atoms with van der Waals surface area (Å²) in [6.45, 7) is 15.2. The summed E-state index contributed by atoms with van der Waals surface area (Å²) in [7, 11) is 0. The van der Waals surface area contributed by atoms with Gasteiger partial charge in [0, 0.05) is 29.6 Å². The smallest absolute Gasteiger partial charge is 0.221 e. The fraction of sp³-hybridized carbons (Fsp3) is 0.941. The van der Waals surface area contributed by atoms with Crippen LogP contribution in [0.2, 0.25) is 0 Å². The predicted molar refractivity (Wildman–Crippen MR) is 89.1 cm³/mol. The fourth-order valence-electron chi connectivity index (χ4n) is 3.81. The molecule has 0 spiro atoms. The topological polar surface area (TPSA) is 67.2 Å². The van der Waals surface area contributed by atoms with E-state index in [9.17, 15) is 4.79 Å².